The number of nitrogens with zero attached hydrogens (tertiary/aromatic N) is 4. The Hall–Kier alpha value is -7.56. The van der Waals surface area contributed by atoms with E-state index in [0.717, 1.165) is 33.6 Å². The minimum Gasteiger partial charge on any atom is -0.453 e. The highest BCUT2D eigenvalue weighted by Crippen LogP contribution is 2.43. The first-order chi connectivity index (χ1) is 31.2. The van der Waals surface area contributed by atoms with Crippen molar-refractivity contribution in [1.29, 1.82) is 0 Å². The lowest BCUT2D eigenvalue weighted by Crippen LogP contribution is -2.44. The normalized spacial score (nSPS) is 18.5. The predicted molar refractivity (Wildman–Crippen MR) is 234 cm³/mol. The molecule has 4 amide bonds. The zero-order valence-electron chi connectivity index (χ0n) is 35.1. The van der Waals surface area contributed by atoms with Gasteiger partial charge >= 0.3 is 12.2 Å². The number of ether oxygens (including phenoxy) is 4. The quantitative estimate of drug-likeness (QED) is 0.101. The van der Waals surface area contributed by atoms with E-state index in [4.69, 9.17) is 28.9 Å². The average molecular weight is 863 g/mol. The molecule has 5 heterocycles. The third-order valence-electron chi connectivity index (χ3n) is 11.8. The number of carbonyl (C=O) groups excluding carboxylic acids is 4. The van der Waals surface area contributed by atoms with Gasteiger partial charge < -0.3 is 49.3 Å². The van der Waals surface area contributed by atoms with Crippen molar-refractivity contribution < 1.29 is 38.1 Å². The third-order valence-corrected chi connectivity index (χ3v) is 11.8. The van der Waals surface area contributed by atoms with Crippen LogP contribution in [0, 0.1) is 0 Å². The highest BCUT2D eigenvalue weighted by Gasteiger charge is 2.52. The van der Waals surface area contributed by atoms with E-state index in [1.807, 2.05) is 103 Å². The predicted octanol–water partition coefficient (Wildman–Crippen LogP) is 6.78. The molecule has 16 heteroatoms. The summed E-state index contributed by atoms with van der Waals surface area (Å²) in [6.45, 7) is 1.35. The van der Waals surface area contributed by atoms with Crippen molar-refractivity contribution in [3.05, 3.63) is 157 Å². The molecule has 0 aliphatic carbocycles. The van der Waals surface area contributed by atoms with Gasteiger partial charge in [-0.25, -0.2) is 19.6 Å². The topological polar surface area (TPSA) is 193 Å². The zero-order valence-corrected chi connectivity index (χ0v) is 35.1. The highest BCUT2D eigenvalue weighted by molar-refractivity contribution is 5.88. The van der Waals surface area contributed by atoms with E-state index in [2.05, 4.69) is 20.6 Å². The van der Waals surface area contributed by atoms with Crippen molar-refractivity contribution in [1.82, 2.24) is 40.4 Å². The minimum atomic E-state index is -1.00. The van der Waals surface area contributed by atoms with E-state index in [9.17, 15) is 19.2 Å². The Morgan fingerprint density at radius 3 is 1.84 bits per heavy atom. The molecule has 4 N–H and O–H groups in total. The molecular weight excluding hydrogens is 817 g/mol. The fourth-order valence-electron chi connectivity index (χ4n) is 8.52. The van der Waals surface area contributed by atoms with Crippen LogP contribution in [0.1, 0.15) is 53.4 Å². The van der Waals surface area contributed by atoms with Gasteiger partial charge in [-0.1, -0.05) is 121 Å². The summed E-state index contributed by atoms with van der Waals surface area (Å²) in [5, 5.41) is 5.39. The van der Waals surface area contributed by atoms with Gasteiger partial charge in [0.2, 0.25) is 0 Å². The lowest BCUT2D eigenvalue weighted by atomic mass is 10.0. The maximum Gasteiger partial charge on any atom is 0.407 e. The zero-order chi connectivity index (χ0) is 44.2. The number of hydrogen-bond donors (Lipinski definition) is 4. The number of nitrogens with one attached hydrogen (secondary N) is 4. The number of hydrogen-bond acceptors (Lipinski definition) is 10. The number of amides is 4. The molecule has 0 saturated carbocycles. The van der Waals surface area contributed by atoms with Crippen LogP contribution in [-0.2, 0) is 28.5 Å². The second-order valence-corrected chi connectivity index (χ2v) is 15.6. The van der Waals surface area contributed by atoms with Gasteiger partial charge in [-0.3, -0.25) is 9.59 Å². The number of likely N-dealkylation sites (tertiary alicyclic amines) is 1. The van der Waals surface area contributed by atoms with Gasteiger partial charge in [0.05, 0.1) is 57.6 Å². The Balaban J connectivity index is 0.887. The van der Waals surface area contributed by atoms with Crippen molar-refractivity contribution in [3.63, 3.8) is 0 Å². The number of carbonyl (C=O) groups is 4. The molecule has 2 saturated heterocycles. The molecule has 326 valence electrons. The fourth-order valence-corrected chi connectivity index (χ4v) is 8.52. The first-order valence-electron chi connectivity index (χ1n) is 20.9. The van der Waals surface area contributed by atoms with Crippen LogP contribution in [0.5, 0.6) is 0 Å². The molecule has 3 aliphatic rings. The number of aromatic amines is 2. The summed E-state index contributed by atoms with van der Waals surface area (Å²) in [5.41, 5.74) is 6.56. The lowest BCUT2D eigenvalue weighted by molar-refractivity contribution is -0.153. The monoisotopic (exact) mass is 862 g/mol. The van der Waals surface area contributed by atoms with E-state index in [0.29, 0.717) is 49.0 Å². The Bertz CT molecular complexity index is 2640. The summed E-state index contributed by atoms with van der Waals surface area (Å²) in [5.74, 6) is -0.440. The second-order valence-electron chi connectivity index (χ2n) is 15.6. The number of H-pyrrole nitrogens is 2. The Morgan fingerprint density at radius 2 is 1.27 bits per heavy atom. The molecule has 4 aromatic carbocycles. The molecule has 0 bridgehead atoms. The smallest absolute Gasteiger partial charge is 0.407 e. The van der Waals surface area contributed by atoms with Crippen LogP contribution in [0.3, 0.4) is 0 Å². The van der Waals surface area contributed by atoms with E-state index < -0.39 is 42.1 Å². The maximum absolute atomic E-state index is 14.3. The Labute approximate surface area is 368 Å². The molecule has 0 radical (unpaired) electrons. The van der Waals surface area contributed by atoms with Crippen LogP contribution in [0.15, 0.2) is 134 Å². The van der Waals surface area contributed by atoms with Crippen molar-refractivity contribution in [2.45, 2.75) is 36.4 Å². The van der Waals surface area contributed by atoms with Gasteiger partial charge in [0, 0.05) is 24.7 Å². The van der Waals surface area contributed by atoms with E-state index in [1.165, 1.54) is 14.2 Å². The summed E-state index contributed by atoms with van der Waals surface area (Å²) in [6, 6.07) is 31.4. The first-order valence-corrected chi connectivity index (χ1v) is 20.9. The molecule has 4 atom stereocenters. The summed E-state index contributed by atoms with van der Waals surface area (Å²) < 4.78 is 21.8. The number of rotatable bonds is 11. The number of benzene rings is 4. The van der Waals surface area contributed by atoms with Crippen LogP contribution in [0.2, 0.25) is 0 Å². The van der Waals surface area contributed by atoms with Crippen molar-refractivity contribution in [2.75, 3.05) is 40.5 Å². The molecule has 2 fully saturated rings. The maximum atomic E-state index is 14.3. The lowest BCUT2D eigenvalue weighted by Gasteiger charge is -2.28. The van der Waals surface area contributed by atoms with Gasteiger partial charge in [0.25, 0.3) is 11.8 Å². The van der Waals surface area contributed by atoms with Crippen LogP contribution in [0.4, 0.5) is 9.59 Å². The van der Waals surface area contributed by atoms with Crippen LogP contribution in [-0.4, -0.2) is 100 Å². The molecule has 2 aromatic heterocycles. The van der Waals surface area contributed by atoms with E-state index in [-0.39, 0.29) is 18.4 Å². The number of imidazole rings is 2. The second kappa shape index (κ2) is 18.0. The fraction of sp³-hybridized carbons (Fsp3) is 0.250. The average Bonchev–Trinajstić information content (AvgIpc) is 4.21. The molecule has 3 aliphatic heterocycles. The Kier molecular flexibility index (Phi) is 11.8. The summed E-state index contributed by atoms with van der Waals surface area (Å²) in [6.07, 6.45) is 6.35. The van der Waals surface area contributed by atoms with Gasteiger partial charge in [0.15, 0.2) is 5.79 Å². The highest BCUT2D eigenvalue weighted by atomic mass is 16.7. The van der Waals surface area contributed by atoms with E-state index >= 15 is 0 Å². The van der Waals surface area contributed by atoms with Crippen molar-refractivity contribution in [2.24, 2.45) is 0 Å². The summed E-state index contributed by atoms with van der Waals surface area (Å²) in [7, 11) is 2.52. The largest absolute Gasteiger partial charge is 0.453 e. The molecule has 0 unspecified atom stereocenters. The SMILES string of the molecule is COC(=O)N[C@@H](C(=O)N1CC=C[C@H]1c1nc(-c2ccc(-c3ccc(-c4cnc([C@@H]5CC6(CN5C(=O)[C@H](NC(=O)OC)c5ccccc5)OCCO6)[nH]4)cc3)cc2)c[nH]1)c1ccccc1. The molecule has 16 nitrogen and oxygen atoms in total. The van der Waals surface area contributed by atoms with Gasteiger partial charge in [-0.15, -0.1) is 0 Å². The van der Waals surface area contributed by atoms with Gasteiger partial charge in [0.1, 0.15) is 29.8 Å². The summed E-state index contributed by atoms with van der Waals surface area (Å²) in [4.78, 5) is 72.5. The van der Waals surface area contributed by atoms with Crippen molar-refractivity contribution >= 4 is 24.0 Å². The van der Waals surface area contributed by atoms with Crippen LogP contribution >= 0.6 is 0 Å². The van der Waals surface area contributed by atoms with Crippen molar-refractivity contribution in [3.8, 4) is 33.6 Å². The number of methoxy groups -OCH3 is 2. The molecule has 6 aromatic rings. The first kappa shape index (κ1) is 41.8. The van der Waals surface area contributed by atoms with Gasteiger partial charge in [-0.2, -0.15) is 0 Å². The minimum absolute atomic E-state index is 0.165. The molecule has 1 spiro atoms. The van der Waals surface area contributed by atoms with Crippen LogP contribution in [0.25, 0.3) is 33.6 Å². The number of aromatic nitrogens is 4. The third kappa shape index (κ3) is 8.48. The standard InChI is InChI=1S/C48H46N8O8/c1-61-46(59)53-40(34-10-5-3-6-11-34)44(57)55-23-9-14-38(55)42-49-27-36(51-42)32-19-15-30(16-20-32)31-17-21-33(22-18-31)37-28-50-43(52-37)39-26-48(63-24-25-64-48)29-56(39)45(58)41(54-47(60)62-2)35-12-7-4-8-13-35/h3-22,27-28,38-41H,23-26,29H2,1-2H3,(H,49,51)(H,50,52)(H,53,59)(H,54,60)/t38-,39-,40+,41+/m0/s1. The number of alkyl carbamates (subject to hydrolysis) is 2. The Morgan fingerprint density at radius 1 is 0.719 bits per heavy atom. The van der Waals surface area contributed by atoms with Gasteiger partial charge in [-0.05, 0) is 27.8 Å². The molecule has 9 rings (SSSR count). The molecule has 64 heavy (non-hydrogen) atoms. The molecular formula is C48H46N8O8. The summed E-state index contributed by atoms with van der Waals surface area (Å²) >= 11 is 0. The van der Waals surface area contributed by atoms with Crippen LogP contribution < -0.4 is 10.6 Å². The van der Waals surface area contributed by atoms with E-state index in [1.54, 1.807) is 40.3 Å².